The van der Waals surface area contributed by atoms with Crippen LogP contribution in [0.5, 0.6) is 0 Å². The molecule has 0 bridgehead atoms. The number of benzene rings is 1. The van der Waals surface area contributed by atoms with E-state index < -0.39 is 33.7 Å². The number of sulfone groups is 1. The SMILES string of the molecule is CCCN(C(=O)C(CCSC)N1C(=O)c2ccccc2C1=O)C1CCS(=O)(=O)C1. The fourth-order valence-electron chi connectivity index (χ4n) is 4.01. The molecule has 2 aliphatic heterocycles. The molecule has 0 spiro atoms. The van der Waals surface area contributed by atoms with Crippen molar-refractivity contribution in [1.82, 2.24) is 9.80 Å². The van der Waals surface area contributed by atoms with Crippen molar-refractivity contribution in [3.05, 3.63) is 35.4 Å². The quantitative estimate of drug-likeness (QED) is 0.575. The smallest absolute Gasteiger partial charge is 0.262 e. The highest BCUT2D eigenvalue weighted by atomic mass is 32.2. The van der Waals surface area contributed by atoms with E-state index in [9.17, 15) is 22.8 Å². The van der Waals surface area contributed by atoms with Crippen molar-refractivity contribution in [3.8, 4) is 0 Å². The molecule has 0 saturated carbocycles. The Balaban J connectivity index is 1.92. The number of thioether (sulfide) groups is 1. The summed E-state index contributed by atoms with van der Waals surface area (Å²) in [5.41, 5.74) is 0.620. The van der Waals surface area contributed by atoms with Gasteiger partial charge in [0.05, 0.1) is 22.6 Å². The van der Waals surface area contributed by atoms with Crippen molar-refractivity contribution < 1.29 is 22.8 Å². The van der Waals surface area contributed by atoms with E-state index in [4.69, 9.17) is 0 Å². The molecular formula is C20H26N2O5S2. The Bertz CT molecular complexity index is 880. The normalized spacial score (nSPS) is 21.3. The summed E-state index contributed by atoms with van der Waals surface area (Å²) in [4.78, 5) is 42.1. The van der Waals surface area contributed by atoms with E-state index in [1.54, 1.807) is 29.2 Å². The van der Waals surface area contributed by atoms with Gasteiger partial charge in [-0.2, -0.15) is 11.8 Å². The van der Waals surface area contributed by atoms with Crippen LogP contribution < -0.4 is 0 Å². The van der Waals surface area contributed by atoms with Crippen molar-refractivity contribution in [2.24, 2.45) is 0 Å². The minimum atomic E-state index is -3.16. The van der Waals surface area contributed by atoms with Crippen molar-refractivity contribution >= 4 is 39.3 Å². The highest BCUT2D eigenvalue weighted by Crippen LogP contribution is 2.28. The number of hydrogen-bond acceptors (Lipinski definition) is 6. The summed E-state index contributed by atoms with van der Waals surface area (Å²) in [6, 6.07) is 5.25. The van der Waals surface area contributed by atoms with Gasteiger partial charge in [-0.05, 0) is 43.4 Å². The molecule has 0 N–H and O–H groups in total. The molecule has 2 unspecified atom stereocenters. The van der Waals surface area contributed by atoms with Crippen molar-refractivity contribution in [1.29, 1.82) is 0 Å². The molecule has 1 saturated heterocycles. The molecule has 1 fully saturated rings. The van der Waals surface area contributed by atoms with E-state index in [0.29, 0.717) is 42.7 Å². The Kier molecular flexibility index (Phi) is 6.68. The average molecular weight is 439 g/mol. The Hall–Kier alpha value is -1.87. The van der Waals surface area contributed by atoms with Gasteiger partial charge >= 0.3 is 0 Å². The Morgan fingerprint density at radius 3 is 2.34 bits per heavy atom. The number of hydrogen-bond donors (Lipinski definition) is 0. The van der Waals surface area contributed by atoms with Gasteiger partial charge in [-0.15, -0.1) is 0 Å². The van der Waals surface area contributed by atoms with Crippen LogP contribution in [-0.4, -0.2) is 78.1 Å². The maximum absolute atomic E-state index is 13.5. The van der Waals surface area contributed by atoms with E-state index in [1.807, 2.05) is 13.2 Å². The van der Waals surface area contributed by atoms with Crippen LogP contribution in [0.15, 0.2) is 24.3 Å². The number of imide groups is 1. The topological polar surface area (TPSA) is 91.8 Å². The molecule has 0 aliphatic carbocycles. The predicted molar refractivity (Wildman–Crippen MR) is 113 cm³/mol. The third-order valence-corrected chi connectivity index (χ3v) is 7.81. The second-order valence-electron chi connectivity index (χ2n) is 7.41. The zero-order valence-electron chi connectivity index (χ0n) is 16.7. The summed E-state index contributed by atoms with van der Waals surface area (Å²) in [5, 5.41) is 0. The molecule has 0 aromatic heterocycles. The summed E-state index contributed by atoms with van der Waals surface area (Å²) >= 11 is 1.53. The second kappa shape index (κ2) is 8.87. The van der Waals surface area contributed by atoms with Gasteiger partial charge in [-0.1, -0.05) is 19.1 Å². The highest BCUT2D eigenvalue weighted by Gasteiger charge is 2.45. The molecule has 29 heavy (non-hydrogen) atoms. The monoisotopic (exact) mass is 438 g/mol. The third-order valence-electron chi connectivity index (χ3n) is 5.41. The van der Waals surface area contributed by atoms with E-state index >= 15 is 0 Å². The van der Waals surface area contributed by atoms with E-state index in [-0.39, 0.29) is 17.4 Å². The fourth-order valence-corrected chi connectivity index (χ4v) is 6.20. The molecule has 3 amide bonds. The van der Waals surface area contributed by atoms with Gasteiger partial charge in [0.2, 0.25) is 5.91 Å². The first kappa shape index (κ1) is 21.8. The average Bonchev–Trinajstić information content (AvgIpc) is 3.18. The molecule has 9 heteroatoms. The summed E-state index contributed by atoms with van der Waals surface area (Å²) in [7, 11) is -3.16. The standard InChI is InChI=1S/C20H26N2O5S2/c1-3-10-21(14-9-12-29(26,27)13-14)20(25)17(8-11-28-2)22-18(23)15-6-4-5-7-16(15)19(22)24/h4-7,14,17H,3,8-13H2,1-2H3. The summed E-state index contributed by atoms with van der Waals surface area (Å²) in [5.74, 6) is -0.644. The first-order valence-electron chi connectivity index (χ1n) is 9.77. The number of nitrogens with zero attached hydrogens (tertiary/aromatic N) is 2. The third kappa shape index (κ3) is 4.35. The van der Waals surface area contributed by atoms with Crippen molar-refractivity contribution in [3.63, 3.8) is 0 Å². The predicted octanol–water partition coefficient (Wildman–Crippen LogP) is 1.83. The largest absolute Gasteiger partial charge is 0.337 e. The minimum Gasteiger partial charge on any atom is -0.337 e. The fraction of sp³-hybridized carbons (Fsp3) is 0.550. The molecule has 0 radical (unpaired) electrons. The number of carbonyl (C=O) groups is 3. The lowest BCUT2D eigenvalue weighted by atomic mass is 10.1. The maximum Gasteiger partial charge on any atom is 0.262 e. The van der Waals surface area contributed by atoms with Gasteiger partial charge in [0.15, 0.2) is 9.84 Å². The van der Waals surface area contributed by atoms with E-state index in [2.05, 4.69) is 0 Å². The van der Waals surface area contributed by atoms with Gasteiger partial charge in [-0.25, -0.2) is 8.42 Å². The lowest BCUT2D eigenvalue weighted by Crippen LogP contribution is -2.54. The lowest BCUT2D eigenvalue weighted by Gasteiger charge is -2.34. The van der Waals surface area contributed by atoms with Crippen LogP contribution in [-0.2, 0) is 14.6 Å². The second-order valence-corrected chi connectivity index (χ2v) is 10.6. The molecule has 158 valence electrons. The summed E-state index contributed by atoms with van der Waals surface area (Å²) in [6.07, 6.45) is 3.30. The number of fused-ring (bicyclic) bond motifs is 1. The summed E-state index contributed by atoms with van der Waals surface area (Å²) in [6.45, 7) is 2.32. The van der Waals surface area contributed by atoms with E-state index in [1.165, 1.54) is 11.8 Å². The van der Waals surface area contributed by atoms with Gasteiger partial charge in [-0.3, -0.25) is 19.3 Å². The maximum atomic E-state index is 13.5. The van der Waals surface area contributed by atoms with Crippen LogP contribution >= 0.6 is 11.8 Å². The van der Waals surface area contributed by atoms with Crippen LogP contribution in [0.25, 0.3) is 0 Å². The zero-order valence-corrected chi connectivity index (χ0v) is 18.3. The molecular weight excluding hydrogens is 412 g/mol. The van der Waals surface area contributed by atoms with Crippen LogP contribution in [0.1, 0.15) is 46.9 Å². The molecule has 7 nitrogen and oxygen atoms in total. The molecule has 1 aromatic carbocycles. The van der Waals surface area contributed by atoms with Gasteiger partial charge in [0.1, 0.15) is 6.04 Å². The number of amides is 3. The van der Waals surface area contributed by atoms with Crippen molar-refractivity contribution in [2.45, 2.75) is 38.3 Å². The van der Waals surface area contributed by atoms with Crippen LogP contribution in [0, 0.1) is 0 Å². The minimum absolute atomic E-state index is 0.0594. The Morgan fingerprint density at radius 2 is 1.86 bits per heavy atom. The van der Waals surface area contributed by atoms with Crippen LogP contribution in [0.3, 0.4) is 0 Å². The van der Waals surface area contributed by atoms with Gasteiger partial charge in [0, 0.05) is 12.6 Å². The highest BCUT2D eigenvalue weighted by molar-refractivity contribution is 7.98. The molecule has 2 atom stereocenters. The van der Waals surface area contributed by atoms with E-state index in [0.717, 1.165) is 4.90 Å². The lowest BCUT2D eigenvalue weighted by molar-refractivity contribution is -0.137. The Labute approximate surface area is 175 Å². The molecule has 2 heterocycles. The summed E-state index contributed by atoms with van der Waals surface area (Å²) < 4.78 is 23.9. The number of carbonyl (C=O) groups excluding carboxylic acids is 3. The Morgan fingerprint density at radius 1 is 1.24 bits per heavy atom. The molecule has 1 aromatic rings. The number of rotatable bonds is 8. The van der Waals surface area contributed by atoms with Crippen molar-refractivity contribution in [2.75, 3.05) is 30.1 Å². The zero-order chi connectivity index (χ0) is 21.2. The molecule has 3 rings (SSSR count). The van der Waals surface area contributed by atoms with Gasteiger partial charge < -0.3 is 4.90 Å². The van der Waals surface area contributed by atoms with Gasteiger partial charge in [0.25, 0.3) is 11.8 Å². The van der Waals surface area contributed by atoms with Crippen LogP contribution in [0.4, 0.5) is 0 Å². The first-order valence-corrected chi connectivity index (χ1v) is 13.0. The van der Waals surface area contributed by atoms with Crippen LogP contribution in [0.2, 0.25) is 0 Å². The first-order chi connectivity index (χ1) is 13.8. The molecule has 2 aliphatic rings.